The van der Waals surface area contributed by atoms with Crippen molar-refractivity contribution in [3.63, 3.8) is 0 Å². The first-order chi connectivity index (χ1) is 12.5. The third-order valence-corrected chi connectivity index (χ3v) is 4.49. The van der Waals surface area contributed by atoms with Gasteiger partial charge in [0.05, 0.1) is 6.61 Å². The number of ether oxygens (including phenoxy) is 2. The lowest BCUT2D eigenvalue weighted by molar-refractivity contribution is 0.0541. The molecule has 0 fully saturated rings. The first-order valence-corrected chi connectivity index (χ1v) is 9.19. The van der Waals surface area contributed by atoms with Crippen molar-refractivity contribution in [2.45, 2.75) is 26.5 Å². The quantitative estimate of drug-likeness (QED) is 0.683. The molecule has 2 rings (SSSR count). The van der Waals surface area contributed by atoms with Crippen LogP contribution in [0.5, 0.6) is 5.75 Å². The van der Waals surface area contributed by atoms with E-state index < -0.39 is 6.10 Å². The molecular weight excluding hydrogens is 350 g/mol. The van der Waals surface area contributed by atoms with Gasteiger partial charge < -0.3 is 14.6 Å². The molecule has 0 aliphatic rings. The Balaban J connectivity index is 1.92. The molecule has 2 aromatic carbocycles. The van der Waals surface area contributed by atoms with E-state index in [2.05, 4.69) is 36.9 Å². The van der Waals surface area contributed by atoms with E-state index in [0.717, 1.165) is 13.1 Å². The largest absolute Gasteiger partial charge is 0.491 e. The van der Waals surface area contributed by atoms with E-state index in [1.165, 1.54) is 16.7 Å². The summed E-state index contributed by atoms with van der Waals surface area (Å²) in [4.78, 5) is 2.20. The molecule has 0 heterocycles. The van der Waals surface area contributed by atoms with Gasteiger partial charge in [-0.15, -0.1) is 0 Å². The zero-order chi connectivity index (χ0) is 18.9. The van der Waals surface area contributed by atoms with Crippen LogP contribution in [0.3, 0.4) is 0 Å². The van der Waals surface area contributed by atoms with Crippen molar-refractivity contribution in [3.05, 3.63) is 64.2 Å². The Labute approximate surface area is 161 Å². The van der Waals surface area contributed by atoms with Gasteiger partial charge in [0.25, 0.3) is 0 Å². The third kappa shape index (κ3) is 6.96. The Morgan fingerprint density at radius 2 is 1.85 bits per heavy atom. The minimum absolute atomic E-state index is 0.234. The molecule has 2 aromatic rings. The number of hydrogen-bond acceptors (Lipinski definition) is 4. The summed E-state index contributed by atoms with van der Waals surface area (Å²) in [5, 5.41) is 11.1. The van der Waals surface area contributed by atoms with Gasteiger partial charge in [-0.25, -0.2) is 0 Å². The molecule has 0 saturated carbocycles. The number of methoxy groups -OCH3 is 1. The SMILES string of the molecule is COCCN(Cc1cc(C)ccc1C)CC(O)COc1ccc(Cl)cc1. The van der Waals surface area contributed by atoms with E-state index in [1.54, 1.807) is 31.4 Å². The van der Waals surface area contributed by atoms with Crippen molar-refractivity contribution in [3.8, 4) is 5.75 Å². The van der Waals surface area contributed by atoms with Crippen LogP contribution in [0, 0.1) is 13.8 Å². The fourth-order valence-electron chi connectivity index (χ4n) is 2.74. The van der Waals surface area contributed by atoms with Gasteiger partial charge in [-0.1, -0.05) is 35.4 Å². The number of hydrogen-bond donors (Lipinski definition) is 1. The van der Waals surface area contributed by atoms with Crippen LogP contribution in [0.1, 0.15) is 16.7 Å². The molecule has 4 nitrogen and oxygen atoms in total. The second kappa shape index (κ2) is 10.5. The van der Waals surface area contributed by atoms with Crippen LogP contribution in [-0.4, -0.2) is 49.5 Å². The lowest BCUT2D eigenvalue weighted by Gasteiger charge is -2.26. The highest BCUT2D eigenvalue weighted by molar-refractivity contribution is 6.30. The van der Waals surface area contributed by atoms with E-state index >= 15 is 0 Å². The third-order valence-electron chi connectivity index (χ3n) is 4.24. The Morgan fingerprint density at radius 3 is 2.54 bits per heavy atom. The van der Waals surface area contributed by atoms with Gasteiger partial charge in [0.15, 0.2) is 0 Å². The number of aryl methyl sites for hydroxylation is 2. The van der Waals surface area contributed by atoms with Crippen molar-refractivity contribution in [1.82, 2.24) is 4.90 Å². The standard InChI is InChI=1S/C21H28ClNO3/c1-16-4-5-17(2)18(12-16)13-23(10-11-25-3)14-20(24)15-26-21-8-6-19(22)7-9-21/h4-9,12,20,24H,10-11,13-15H2,1-3H3. The fourth-order valence-corrected chi connectivity index (χ4v) is 2.87. The number of aliphatic hydroxyl groups excluding tert-OH is 1. The highest BCUT2D eigenvalue weighted by Gasteiger charge is 2.14. The molecular formula is C21H28ClNO3. The molecule has 1 unspecified atom stereocenters. The van der Waals surface area contributed by atoms with Gasteiger partial charge in [0.1, 0.15) is 18.5 Å². The van der Waals surface area contributed by atoms with Gasteiger partial charge in [0.2, 0.25) is 0 Å². The molecule has 142 valence electrons. The second-order valence-corrected chi connectivity index (χ2v) is 7.01. The Morgan fingerprint density at radius 1 is 1.12 bits per heavy atom. The first-order valence-electron chi connectivity index (χ1n) is 8.82. The average Bonchev–Trinajstić information content (AvgIpc) is 2.62. The van der Waals surface area contributed by atoms with Gasteiger partial charge in [0, 0.05) is 31.8 Å². The topological polar surface area (TPSA) is 41.9 Å². The van der Waals surface area contributed by atoms with Crippen molar-refractivity contribution >= 4 is 11.6 Å². The smallest absolute Gasteiger partial charge is 0.119 e. The minimum atomic E-state index is -0.590. The number of aliphatic hydroxyl groups is 1. The summed E-state index contributed by atoms with van der Waals surface area (Å²) >= 11 is 5.87. The van der Waals surface area contributed by atoms with Crippen molar-refractivity contribution in [2.75, 3.05) is 33.4 Å². The maximum atomic E-state index is 10.4. The summed E-state index contributed by atoms with van der Waals surface area (Å²) in [6, 6.07) is 13.6. The van der Waals surface area contributed by atoms with Crippen LogP contribution < -0.4 is 4.74 Å². The summed E-state index contributed by atoms with van der Waals surface area (Å²) in [5.74, 6) is 0.700. The van der Waals surface area contributed by atoms with Crippen LogP contribution in [0.2, 0.25) is 5.02 Å². The molecule has 0 radical (unpaired) electrons. The van der Waals surface area contributed by atoms with E-state index in [0.29, 0.717) is 23.9 Å². The molecule has 1 atom stereocenters. The summed E-state index contributed by atoms with van der Waals surface area (Å²) < 4.78 is 10.9. The first kappa shape index (κ1) is 20.7. The van der Waals surface area contributed by atoms with Crippen LogP contribution in [-0.2, 0) is 11.3 Å². The molecule has 0 aliphatic carbocycles. The van der Waals surface area contributed by atoms with E-state index in [9.17, 15) is 5.11 Å². The summed E-state index contributed by atoms with van der Waals surface area (Å²) in [6.45, 7) is 7.11. The predicted molar refractivity (Wildman–Crippen MR) is 106 cm³/mol. The maximum absolute atomic E-state index is 10.4. The summed E-state index contributed by atoms with van der Waals surface area (Å²) in [7, 11) is 1.69. The monoisotopic (exact) mass is 377 g/mol. The average molecular weight is 378 g/mol. The molecule has 0 bridgehead atoms. The minimum Gasteiger partial charge on any atom is -0.491 e. The Hall–Kier alpha value is -1.59. The number of halogens is 1. The van der Waals surface area contributed by atoms with Crippen molar-refractivity contribution in [1.29, 1.82) is 0 Å². The van der Waals surface area contributed by atoms with Crippen LogP contribution in [0.15, 0.2) is 42.5 Å². The fraction of sp³-hybridized carbons (Fsp3) is 0.429. The lowest BCUT2D eigenvalue weighted by Crippen LogP contribution is -2.37. The van der Waals surface area contributed by atoms with Crippen molar-refractivity contribution in [2.24, 2.45) is 0 Å². The summed E-state index contributed by atoms with van der Waals surface area (Å²) in [5.41, 5.74) is 3.76. The van der Waals surface area contributed by atoms with E-state index in [4.69, 9.17) is 21.1 Å². The summed E-state index contributed by atoms with van der Waals surface area (Å²) in [6.07, 6.45) is -0.590. The zero-order valence-electron chi connectivity index (χ0n) is 15.7. The molecule has 26 heavy (non-hydrogen) atoms. The van der Waals surface area contributed by atoms with Crippen molar-refractivity contribution < 1.29 is 14.6 Å². The van der Waals surface area contributed by atoms with E-state index in [1.807, 2.05) is 0 Å². The molecule has 0 spiro atoms. The zero-order valence-corrected chi connectivity index (χ0v) is 16.5. The van der Waals surface area contributed by atoms with Gasteiger partial charge >= 0.3 is 0 Å². The number of nitrogens with zero attached hydrogens (tertiary/aromatic N) is 1. The van der Waals surface area contributed by atoms with Gasteiger partial charge in [-0.05, 0) is 49.2 Å². The molecule has 1 N–H and O–H groups in total. The molecule has 5 heteroatoms. The highest BCUT2D eigenvalue weighted by atomic mass is 35.5. The normalized spacial score (nSPS) is 12.4. The van der Waals surface area contributed by atoms with Gasteiger partial charge in [-0.2, -0.15) is 0 Å². The Kier molecular flexibility index (Phi) is 8.39. The predicted octanol–water partition coefficient (Wildman–Crippen LogP) is 3.85. The van der Waals surface area contributed by atoms with Crippen LogP contribution in [0.25, 0.3) is 0 Å². The van der Waals surface area contributed by atoms with E-state index in [-0.39, 0.29) is 6.61 Å². The van der Waals surface area contributed by atoms with Crippen LogP contribution >= 0.6 is 11.6 Å². The molecule has 0 aliphatic heterocycles. The molecule has 0 amide bonds. The maximum Gasteiger partial charge on any atom is 0.119 e. The molecule has 0 aromatic heterocycles. The highest BCUT2D eigenvalue weighted by Crippen LogP contribution is 2.16. The lowest BCUT2D eigenvalue weighted by atomic mass is 10.1. The van der Waals surface area contributed by atoms with Crippen LogP contribution in [0.4, 0.5) is 0 Å². The van der Waals surface area contributed by atoms with Gasteiger partial charge in [-0.3, -0.25) is 4.90 Å². The Bertz CT molecular complexity index is 675. The second-order valence-electron chi connectivity index (χ2n) is 6.58. The molecule has 0 saturated heterocycles. The number of benzene rings is 2. The number of rotatable bonds is 10.